The van der Waals surface area contributed by atoms with Crippen molar-refractivity contribution >= 4 is 0 Å². The molecular weight excluding hydrogens is 134 g/mol. The fraction of sp³-hybridized carbons (Fsp3) is 0. The first-order valence-electron chi connectivity index (χ1n) is 2.62. The highest BCUT2D eigenvalue weighted by Crippen LogP contribution is 2.06. The van der Waals surface area contributed by atoms with E-state index in [-0.39, 0.29) is 5.56 Å². The summed E-state index contributed by atoms with van der Waals surface area (Å²) < 4.78 is 24.4. The fourth-order valence-corrected chi connectivity index (χ4v) is 0.574. The SMILES string of the molecule is [C]#Cc1ccc(F)c(F)c1. The second-order valence-electron chi connectivity index (χ2n) is 1.75. The molecule has 0 spiro atoms. The third kappa shape index (κ3) is 1.14. The van der Waals surface area contributed by atoms with Gasteiger partial charge >= 0.3 is 0 Å². The Balaban J connectivity index is 3.20. The van der Waals surface area contributed by atoms with Crippen molar-refractivity contribution in [3.05, 3.63) is 41.8 Å². The van der Waals surface area contributed by atoms with Gasteiger partial charge in [-0.3, -0.25) is 0 Å². The van der Waals surface area contributed by atoms with E-state index in [1.807, 2.05) is 5.92 Å². The van der Waals surface area contributed by atoms with Crippen LogP contribution in [0.3, 0.4) is 0 Å². The van der Waals surface area contributed by atoms with Crippen LogP contribution in [-0.2, 0) is 0 Å². The smallest absolute Gasteiger partial charge is 0.160 e. The third-order valence-corrected chi connectivity index (χ3v) is 1.06. The predicted octanol–water partition coefficient (Wildman–Crippen LogP) is 1.90. The van der Waals surface area contributed by atoms with Gasteiger partial charge in [-0.05, 0) is 24.6 Å². The van der Waals surface area contributed by atoms with Crippen molar-refractivity contribution in [3.63, 3.8) is 0 Å². The zero-order chi connectivity index (χ0) is 7.56. The molecule has 0 heterocycles. The molecule has 0 aliphatic rings. The molecule has 0 N–H and O–H groups in total. The Morgan fingerprint density at radius 1 is 1.20 bits per heavy atom. The second-order valence-corrected chi connectivity index (χ2v) is 1.75. The monoisotopic (exact) mass is 137 g/mol. The van der Waals surface area contributed by atoms with Crippen molar-refractivity contribution in [2.45, 2.75) is 0 Å². The first-order valence-corrected chi connectivity index (χ1v) is 2.62. The van der Waals surface area contributed by atoms with E-state index in [1.165, 1.54) is 6.07 Å². The van der Waals surface area contributed by atoms with Crippen LogP contribution in [0, 0.1) is 24.0 Å². The zero-order valence-corrected chi connectivity index (χ0v) is 4.99. The van der Waals surface area contributed by atoms with Gasteiger partial charge < -0.3 is 0 Å². The first-order chi connectivity index (χ1) is 4.74. The van der Waals surface area contributed by atoms with Crippen molar-refractivity contribution in [2.24, 2.45) is 0 Å². The Hall–Kier alpha value is -1.36. The van der Waals surface area contributed by atoms with E-state index in [1.54, 1.807) is 0 Å². The van der Waals surface area contributed by atoms with Crippen LogP contribution in [0.4, 0.5) is 8.78 Å². The fourth-order valence-electron chi connectivity index (χ4n) is 0.574. The first kappa shape index (κ1) is 6.76. The van der Waals surface area contributed by atoms with Crippen molar-refractivity contribution in [2.75, 3.05) is 0 Å². The maximum absolute atomic E-state index is 12.3. The molecule has 0 nitrogen and oxygen atoms in total. The summed E-state index contributed by atoms with van der Waals surface area (Å²) in [6, 6.07) is 3.17. The van der Waals surface area contributed by atoms with Gasteiger partial charge in [0.25, 0.3) is 0 Å². The molecule has 0 aliphatic carbocycles. The molecule has 0 saturated carbocycles. The quantitative estimate of drug-likeness (QED) is 0.479. The molecule has 2 heteroatoms. The summed E-state index contributed by atoms with van der Waals surface area (Å²) in [4.78, 5) is 0. The minimum atomic E-state index is -0.947. The number of hydrogen-bond acceptors (Lipinski definition) is 0. The molecule has 1 radical (unpaired) electrons. The molecule has 0 amide bonds. The normalized spacial score (nSPS) is 8.90. The summed E-state index contributed by atoms with van der Waals surface area (Å²) >= 11 is 0. The van der Waals surface area contributed by atoms with Gasteiger partial charge in [0.1, 0.15) is 0 Å². The van der Waals surface area contributed by atoms with Gasteiger partial charge in [-0.15, -0.1) is 0 Å². The zero-order valence-electron chi connectivity index (χ0n) is 4.99. The van der Waals surface area contributed by atoms with Gasteiger partial charge in [0.2, 0.25) is 0 Å². The summed E-state index contributed by atoms with van der Waals surface area (Å²) in [5, 5.41) is 0. The Morgan fingerprint density at radius 3 is 2.40 bits per heavy atom. The molecule has 1 aromatic rings. The average molecular weight is 137 g/mol. The Morgan fingerprint density at radius 2 is 1.90 bits per heavy atom. The minimum absolute atomic E-state index is 0.235. The van der Waals surface area contributed by atoms with Crippen LogP contribution in [0.15, 0.2) is 18.2 Å². The number of hydrogen-bond donors (Lipinski definition) is 0. The largest absolute Gasteiger partial charge is 0.204 e. The van der Waals surface area contributed by atoms with Crippen LogP contribution in [0.25, 0.3) is 0 Å². The van der Waals surface area contributed by atoms with E-state index in [0.717, 1.165) is 12.1 Å². The van der Waals surface area contributed by atoms with E-state index in [9.17, 15) is 8.78 Å². The number of halogens is 2. The summed E-state index contributed by atoms with van der Waals surface area (Å²) in [6.07, 6.45) is 6.57. The van der Waals surface area contributed by atoms with Gasteiger partial charge in [0.15, 0.2) is 11.6 Å². The van der Waals surface area contributed by atoms with Crippen LogP contribution in [0.2, 0.25) is 0 Å². The van der Waals surface area contributed by atoms with Crippen molar-refractivity contribution in [1.29, 1.82) is 0 Å². The van der Waals surface area contributed by atoms with E-state index in [4.69, 9.17) is 6.42 Å². The van der Waals surface area contributed by atoms with Gasteiger partial charge in [-0.1, -0.05) is 5.92 Å². The highest BCUT2D eigenvalue weighted by atomic mass is 19.2. The highest BCUT2D eigenvalue weighted by molar-refractivity contribution is 5.30. The summed E-state index contributed by atoms with van der Waals surface area (Å²) in [5.41, 5.74) is 0.235. The highest BCUT2D eigenvalue weighted by Gasteiger charge is 1.99. The number of benzene rings is 1. The lowest BCUT2D eigenvalue weighted by Gasteiger charge is -1.91. The average Bonchev–Trinajstić information content (AvgIpc) is 1.95. The summed E-state index contributed by atoms with van der Waals surface area (Å²) in [5.74, 6) is 0.0876. The standard InChI is InChI=1S/C8H3F2/c1-2-6-3-4-7(9)8(10)5-6/h3-5H. The molecule has 1 rings (SSSR count). The number of rotatable bonds is 0. The van der Waals surface area contributed by atoms with Crippen molar-refractivity contribution in [1.82, 2.24) is 0 Å². The van der Waals surface area contributed by atoms with Crippen LogP contribution >= 0.6 is 0 Å². The lowest BCUT2D eigenvalue weighted by molar-refractivity contribution is 0.508. The van der Waals surface area contributed by atoms with Gasteiger partial charge in [-0.25, -0.2) is 8.78 Å². The molecule has 0 fully saturated rings. The van der Waals surface area contributed by atoms with E-state index in [2.05, 4.69) is 0 Å². The molecule has 49 valence electrons. The molecular formula is C8H3F2. The van der Waals surface area contributed by atoms with Crippen LogP contribution < -0.4 is 0 Å². The summed E-state index contributed by atoms with van der Waals surface area (Å²) in [6.45, 7) is 0. The molecule has 0 bridgehead atoms. The molecule has 0 saturated heterocycles. The molecule has 0 aromatic heterocycles. The van der Waals surface area contributed by atoms with Gasteiger partial charge in [0.05, 0.1) is 0 Å². The lowest BCUT2D eigenvalue weighted by Crippen LogP contribution is -1.83. The second kappa shape index (κ2) is 2.49. The van der Waals surface area contributed by atoms with Crippen LogP contribution in [0.5, 0.6) is 0 Å². The van der Waals surface area contributed by atoms with E-state index in [0.29, 0.717) is 0 Å². The van der Waals surface area contributed by atoms with Crippen LogP contribution in [0.1, 0.15) is 5.56 Å². The third-order valence-electron chi connectivity index (χ3n) is 1.06. The molecule has 0 atom stereocenters. The summed E-state index contributed by atoms with van der Waals surface area (Å²) in [7, 11) is 0. The topological polar surface area (TPSA) is 0 Å². The molecule has 1 aromatic carbocycles. The molecule has 10 heavy (non-hydrogen) atoms. The predicted molar refractivity (Wildman–Crippen MR) is 32.6 cm³/mol. The maximum Gasteiger partial charge on any atom is 0.160 e. The minimum Gasteiger partial charge on any atom is -0.204 e. The van der Waals surface area contributed by atoms with Crippen molar-refractivity contribution < 1.29 is 8.78 Å². The van der Waals surface area contributed by atoms with E-state index < -0.39 is 11.6 Å². The maximum atomic E-state index is 12.3. The molecule has 0 aliphatic heterocycles. The Labute approximate surface area is 57.5 Å². The van der Waals surface area contributed by atoms with Gasteiger partial charge in [-0.2, -0.15) is 0 Å². The van der Waals surface area contributed by atoms with Gasteiger partial charge in [0, 0.05) is 5.56 Å². The lowest BCUT2D eigenvalue weighted by atomic mass is 10.2. The van der Waals surface area contributed by atoms with Crippen molar-refractivity contribution in [3.8, 4) is 5.92 Å². The van der Waals surface area contributed by atoms with E-state index >= 15 is 0 Å². The van der Waals surface area contributed by atoms with Crippen LogP contribution in [-0.4, -0.2) is 0 Å². The Bertz CT molecular complexity index is 284. The molecule has 0 unspecified atom stereocenters. The Kier molecular flexibility index (Phi) is 1.68.